The molecule has 1 aliphatic heterocycles. The summed E-state index contributed by atoms with van der Waals surface area (Å²) in [6.07, 6.45) is -1.17. The summed E-state index contributed by atoms with van der Waals surface area (Å²) in [5, 5.41) is 6.01. The Balaban J connectivity index is 1.63. The third kappa shape index (κ3) is 5.47. The van der Waals surface area contributed by atoms with E-state index in [4.69, 9.17) is 16.3 Å². The van der Waals surface area contributed by atoms with E-state index in [9.17, 15) is 18.0 Å². The summed E-state index contributed by atoms with van der Waals surface area (Å²) >= 11 is 5.93. The van der Waals surface area contributed by atoms with E-state index in [2.05, 4.69) is 10.6 Å². The van der Waals surface area contributed by atoms with Crippen molar-refractivity contribution >= 4 is 44.8 Å². The first-order chi connectivity index (χ1) is 17.0. The van der Waals surface area contributed by atoms with Crippen molar-refractivity contribution in [1.82, 2.24) is 5.32 Å². The van der Waals surface area contributed by atoms with Crippen LogP contribution in [0.15, 0.2) is 77.7 Å². The summed E-state index contributed by atoms with van der Waals surface area (Å²) in [5.74, 6) is -0.683. The number of carbonyl (C=O) groups excluding carboxylic acids is 2. The van der Waals surface area contributed by atoms with E-state index in [-0.39, 0.29) is 28.7 Å². The Morgan fingerprint density at radius 3 is 2.31 bits per heavy atom. The number of halogens is 1. The number of benzene rings is 3. The zero-order chi connectivity index (χ0) is 26.1. The van der Waals surface area contributed by atoms with Gasteiger partial charge < -0.3 is 15.4 Å². The second-order valence-corrected chi connectivity index (χ2v) is 11.6. The van der Waals surface area contributed by atoms with Gasteiger partial charge in [0, 0.05) is 10.6 Å². The van der Waals surface area contributed by atoms with Gasteiger partial charge in [-0.2, -0.15) is 0 Å². The highest BCUT2D eigenvalue weighted by Gasteiger charge is 2.37. The van der Waals surface area contributed by atoms with Crippen LogP contribution in [-0.2, 0) is 14.8 Å². The number of nitrogens with one attached hydrogen (secondary N) is 2. The molecule has 3 aromatic rings. The molecule has 0 aliphatic carbocycles. The topological polar surface area (TPSA) is 105 Å². The van der Waals surface area contributed by atoms with Crippen LogP contribution in [0.4, 0.5) is 11.4 Å². The van der Waals surface area contributed by atoms with Gasteiger partial charge in [-0.15, -0.1) is 0 Å². The number of para-hydroxylation sites is 3. The molecule has 4 rings (SSSR count). The Morgan fingerprint density at radius 2 is 1.61 bits per heavy atom. The minimum absolute atomic E-state index is 0.0342. The van der Waals surface area contributed by atoms with Gasteiger partial charge in [-0.25, -0.2) is 8.42 Å². The van der Waals surface area contributed by atoms with Crippen molar-refractivity contribution in [2.75, 3.05) is 16.2 Å². The number of amides is 2. The molecule has 3 aromatic carbocycles. The van der Waals surface area contributed by atoms with Crippen molar-refractivity contribution in [2.45, 2.75) is 37.3 Å². The quantitative estimate of drug-likeness (QED) is 0.509. The fraction of sp³-hybridized carbons (Fsp3) is 0.231. The van der Waals surface area contributed by atoms with Crippen molar-refractivity contribution in [2.24, 2.45) is 0 Å². The minimum atomic E-state index is -4.02. The summed E-state index contributed by atoms with van der Waals surface area (Å²) in [5.41, 5.74) is 0.420. The van der Waals surface area contributed by atoms with Gasteiger partial charge in [-0.1, -0.05) is 35.9 Å². The van der Waals surface area contributed by atoms with Crippen LogP contribution in [0.1, 0.15) is 31.1 Å². The first-order valence-corrected chi connectivity index (χ1v) is 13.0. The van der Waals surface area contributed by atoms with Crippen molar-refractivity contribution < 1.29 is 22.7 Å². The summed E-state index contributed by atoms with van der Waals surface area (Å²) in [7, 11) is -4.02. The second-order valence-electron chi connectivity index (χ2n) is 9.30. The highest BCUT2D eigenvalue weighted by atomic mass is 35.5. The highest BCUT2D eigenvalue weighted by Crippen LogP contribution is 2.37. The molecule has 0 fully saturated rings. The standard InChI is InChI=1S/C26H26ClN3O5S/c1-26(2,3)29-24(31)19-8-4-5-9-20(19)28-25(32)23-16-30(21-10-6-7-11-22(21)35-23)36(33,34)18-14-12-17(27)13-15-18/h4-15,23H,16H2,1-3H3,(H,28,32)(H,29,31). The Hall–Kier alpha value is -3.56. The molecular weight excluding hydrogens is 502 g/mol. The zero-order valence-electron chi connectivity index (χ0n) is 20.0. The number of fused-ring (bicyclic) bond motifs is 1. The summed E-state index contributed by atoms with van der Waals surface area (Å²) in [4.78, 5) is 26.1. The lowest BCUT2D eigenvalue weighted by atomic mass is 10.1. The van der Waals surface area contributed by atoms with Crippen LogP contribution in [0, 0.1) is 0 Å². The van der Waals surface area contributed by atoms with Crippen LogP contribution in [-0.4, -0.2) is 38.4 Å². The average Bonchev–Trinajstić information content (AvgIpc) is 2.82. The van der Waals surface area contributed by atoms with E-state index in [0.717, 1.165) is 4.31 Å². The van der Waals surface area contributed by atoms with Gasteiger partial charge in [-0.05, 0) is 69.3 Å². The van der Waals surface area contributed by atoms with Crippen LogP contribution in [0.25, 0.3) is 0 Å². The first-order valence-electron chi connectivity index (χ1n) is 11.2. The number of nitrogens with zero attached hydrogens (tertiary/aromatic N) is 1. The Morgan fingerprint density at radius 1 is 0.972 bits per heavy atom. The molecule has 0 saturated carbocycles. The normalized spacial score (nSPS) is 15.4. The molecule has 1 unspecified atom stereocenters. The minimum Gasteiger partial charge on any atom is -0.476 e. The van der Waals surface area contributed by atoms with Gasteiger partial charge in [0.2, 0.25) is 0 Å². The lowest BCUT2D eigenvalue weighted by Gasteiger charge is -2.34. The molecule has 0 bridgehead atoms. The fourth-order valence-electron chi connectivity index (χ4n) is 3.71. The van der Waals surface area contributed by atoms with Crippen molar-refractivity contribution in [3.8, 4) is 5.75 Å². The number of ether oxygens (including phenoxy) is 1. The number of rotatable bonds is 5. The van der Waals surface area contributed by atoms with Crippen LogP contribution in [0.2, 0.25) is 5.02 Å². The van der Waals surface area contributed by atoms with Gasteiger partial charge >= 0.3 is 0 Å². The number of carbonyl (C=O) groups is 2. The molecule has 1 atom stereocenters. The molecule has 0 radical (unpaired) electrons. The smallest absolute Gasteiger partial charge is 0.267 e. The van der Waals surface area contributed by atoms with Crippen molar-refractivity contribution in [3.05, 3.63) is 83.4 Å². The molecule has 10 heteroatoms. The first kappa shape index (κ1) is 25.5. The summed E-state index contributed by atoms with van der Waals surface area (Å²) < 4.78 is 34.1. The third-order valence-corrected chi connectivity index (χ3v) is 7.39. The van der Waals surface area contributed by atoms with E-state index in [1.54, 1.807) is 48.5 Å². The van der Waals surface area contributed by atoms with Crippen molar-refractivity contribution in [3.63, 3.8) is 0 Å². The maximum atomic E-state index is 13.5. The van der Waals surface area contributed by atoms with E-state index in [1.807, 2.05) is 20.8 Å². The van der Waals surface area contributed by atoms with Gasteiger partial charge in [0.25, 0.3) is 21.8 Å². The molecular formula is C26H26ClN3O5S. The number of hydrogen-bond acceptors (Lipinski definition) is 5. The van der Waals surface area contributed by atoms with Gasteiger partial charge in [0.15, 0.2) is 6.10 Å². The Labute approximate surface area is 215 Å². The predicted octanol–water partition coefficient (Wildman–Crippen LogP) is 4.46. The number of anilines is 2. The summed E-state index contributed by atoms with van der Waals surface area (Å²) in [6, 6.07) is 19.0. The molecule has 1 aliphatic rings. The lowest BCUT2D eigenvalue weighted by Crippen LogP contribution is -2.49. The SMILES string of the molecule is CC(C)(C)NC(=O)c1ccccc1NC(=O)C1CN(S(=O)(=O)c2ccc(Cl)cc2)c2ccccc2O1. The number of hydrogen-bond donors (Lipinski definition) is 2. The lowest BCUT2D eigenvalue weighted by molar-refractivity contribution is -0.122. The Kier molecular flexibility index (Phi) is 6.97. The van der Waals surface area contributed by atoms with Crippen LogP contribution < -0.4 is 19.7 Å². The molecule has 8 nitrogen and oxygen atoms in total. The van der Waals surface area contributed by atoms with Crippen molar-refractivity contribution in [1.29, 1.82) is 0 Å². The highest BCUT2D eigenvalue weighted by molar-refractivity contribution is 7.92. The predicted molar refractivity (Wildman–Crippen MR) is 139 cm³/mol. The van der Waals surface area contributed by atoms with Gasteiger partial charge in [0.05, 0.1) is 28.4 Å². The van der Waals surface area contributed by atoms with Crippen LogP contribution in [0.5, 0.6) is 5.75 Å². The molecule has 0 aromatic heterocycles. The maximum Gasteiger partial charge on any atom is 0.267 e. The fourth-order valence-corrected chi connectivity index (χ4v) is 5.31. The van der Waals surface area contributed by atoms with E-state index in [1.165, 1.54) is 24.3 Å². The largest absolute Gasteiger partial charge is 0.476 e. The summed E-state index contributed by atoms with van der Waals surface area (Å²) in [6.45, 7) is 5.31. The average molecular weight is 528 g/mol. The molecule has 1 heterocycles. The van der Waals surface area contributed by atoms with Crippen LogP contribution in [0.3, 0.4) is 0 Å². The van der Waals surface area contributed by atoms with E-state index in [0.29, 0.717) is 16.4 Å². The molecule has 0 saturated heterocycles. The third-order valence-electron chi connectivity index (χ3n) is 5.35. The monoisotopic (exact) mass is 527 g/mol. The van der Waals surface area contributed by atoms with Crippen LogP contribution >= 0.6 is 11.6 Å². The molecule has 2 N–H and O–H groups in total. The Bertz CT molecular complexity index is 1400. The molecule has 2 amide bonds. The zero-order valence-corrected chi connectivity index (χ0v) is 21.6. The molecule has 0 spiro atoms. The molecule has 36 heavy (non-hydrogen) atoms. The van der Waals surface area contributed by atoms with E-state index >= 15 is 0 Å². The van der Waals surface area contributed by atoms with Gasteiger partial charge in [-0.3, -0.25) is 13.9 Å². The van der Waals surface area contributed by atoms with Gasteiger partial charge in [0.1, 0.15) is 5.75 Å². The second kappa shape index (κ2) is 9.83. The molecule has 188 valence electrons. The number of sulfonamides is 1. The van der Waals surface area contributed by atoms with E-state index < -0.39 is 27.6 Å². The maximum absolute atomic E-state index is 13.5.